The maximum atomic E-state index is 14.4. The molecule has 2 rings (SSSR count). The zero-order valence-corrected chi connectivity index (χ0v) is 18.8. The number of amides is 2. The summed E-state index contributed by atoms with van der Waals surface area (Å²) in [6, 6.07) is 5.94. The number of anilines is 2. The number of hydrogen-bond donors (Lipinski definition) is 6. The third kappa shape index (κ3) is 9.74. The smallest absolute Gasteiger partial charge is 0.403 e. The van der Waals surface area contributed by atoms with E-state index >= 15 is 0 Å². The van der Waals surface area contributed by atoms with Crippen molar-refractivity contribution >= 4 is 29.1 Å². The minimum Gasteiger partial charge on any atom is -0.403 e. The summed E-state index contributed by atoms with van der Waals surface area (Å²) in [5, 5.41) is 23.6. The van der Waals surface area contributed by atoms with Crippen LogP contribution in [0.4, 0.5) is 33.3 Å². The first-order valence-corrected chi connectivity index (χ1v) is 10.7. The number of benzene rings is 2. The van der Waals surface area contributed by atoms with Gasteiger partial charge in [-0.2, -0.15) is 0 Å². The van der Waals surface area contributed by atoms with Crippen LogP contribution in [0.3, 0.4) is 0 Å². The fourth-order valence-electron chi connectivity index (χ4n) is 2.98. The second-order valence-electron chi connectivity index (χ2n) is 7.47. The van der Waals surface area contributed by atoms with Crippen molar-refractivity contribution in [2.75, 3.05) is 17.2 Å². The molecule has 2 aromatic carbocycles. The summed E-state index contributed by atoms with van der Waals surface area (Å²) in [6.07, 6.45) is -2.15. The minimum atomic E-state index is -5.06. The van der Waals surface area contributed by atoms with Crippen LogP contribution in [0.5, 0.6) is 5.75 Å². The monoisotopic (exact) mass is 517 g/mol. The van der Waals surface area contributed by atoms with E-state index in [1.165, 1.54) is 12.1 Å². The lowest BCUT2D eigenvalue weighted by atomic mass is 10.1. The summed E-state index contributed by atoms with van der Waals surface area (Å²) in [5.41, 5.74) is 1.32. The van der Waals surface area contributed by atoms with Gasteiger partial charge in [0.05, 0.1) is 5.69 Å². The molecule has 196 valence electrons. The molecular formula is C22H24F5N5O4. The zero-order chi connectivity index (χ0) is 26.7. The number of guanidine groups is 1. The van der Waals surface area contributed by atoms with Gasteiger partial charge in [0.1, 0.15) is 5.82 Å². The van der Waals surface area contributed by atoms with E-state index in [1.54, 1.807) is 5.48 Å². The van der Waals surface area contributed by atoms with E-state index in [0.29, 0.717) is 25.5 Å². The predicted octanol–water partition coefficient (Wildman–Crippen LogP) is 4.51. The first-order valence-electron chi connectivity index (χ1n) is 10.7. The van der Waals surface area contributed by atoms with E-state index in [9.17, 15) is 31.5 Å². The molecule has 36 heavy (non-hydrogen) atoms. The Balaban J connectivity index is 1.82. The molecule has 6 N–H and O–H groups in total. The number of halogens is 5. The molecule has 0 fully saturated rings. The van der Waals surface area contributed by atoms with Crippen molar-refractivity contribution in [3.8, 4) is 5.75 Å². The van der Waals surface area contributed by atoms with Crippen LogP contribution in [0.1, 0.15) is 42.5 Å². The Morgan fingerprint density at radius 1 is 0.944 bits per heavy atom. The Morgan fingerprint density at radius 2 is 1.67 bits per heavy atom. The third-order valence-corrected chi connectivity index (χ3v) is 4.66. The largest absolute Gasteiger partial charge is 0.573 e. The van der Waals surface area contributed by atoms with Crippen LogP contribution >= 0.6 is 0 Å². The summed E-state index contributed by atoms with van der Waals surface area (Å²) in [5.74, 6) is -4.69. The summed E-state index contributed by atoms with van der Waals surface area (Å²) in [7, 11) is 0. The molecule has 0 aliphatic carbocycles. The van der Waals surface area contributed by atoms with Crippen LogP contribution in [0.15, 0.2) is 36.4 Å². The molecule has 0 heterocycles. The van der Waals surface area contributed by atoms with E-state index in [4.69, 9.17) is 10.6 Å². The van der Waals surface area contributed by atoms with Gasteiger partial charge < -0.3 is 20.7 Å². The lowest BCUT2D eigenvalue weighted by molar-refractivity contribution is -0.275. The predicted molar refractivity (Wildman–Crippen MR) is 120 cm³/mol. The number of rotatable bonds is 11. The van der Waals surface area contributed by atoms with Crippen molar-refractivity contribution in [1.82, 2.24) is 10.8 Å². The van der Waals surface area contributed by atoms with E-state index in [0.717, 1.165) is 31.0 Å². The van der Waals surface area contributed by atoms with Gasteiger partial charge in [-0.1, -0.05) is 12.8 Å². The molecule has 0 aliphatic rings. The highest BCUT2D eigenvalue weighted by Gasteiger charge is 2.32. The van der Waals surface area contributed by atoms with Crippen LogP contribution in [-0.2, 0) is 4.79 Å². The normalized spacial score (nSPS) is 10.9. The van der Waals surface area contributed by atoms with Crippen molar-refractivity contribution in [3.05, 3.63) is 53.6 Å². The molecule has 0 radical (unpaired) electrons. The van der Waals surface area contributed by atoms with Gasteiger partial charge in [-0.3, -0.25) is 20.2 Å². The summed E-state index contributed by atoms with van der Waals surface area (Å²) < 4.78 is 68.3. The number of nitrogens with one attached hydrogen (secondary N) is 5. The number of hydroxylamine groups is 1. The van der Waals surface area contributed by atoms with Gasteiger partial charge in [-0.25, -0.2) is 14.3 Å². The Hall–Kier alpha value is -3.94. The highest BCUT2D eigenvalue weighted by atomic mass is 19.4. The number of carbonyl (C=O) groups excluding carboxylic acids is 2. The van der Waals surface area contributed by atoms with Crippen LogP contribution in [-0.4, -0.2) is 35.9 Å². The lowest BCUT2D eigenvalue weighted by Gasteiger charge is -2.14. The maximum absolute atomic E-state index is 14.4. The molecule has 2 amide bonds. The van der Waals surface area contributed by atoms with Crippen molar-refractivity contribution in [2.24, 2.45) is 0 Å². The van der Waals surface area contributed by atoms with Crippen LogP contribution in [0.2, 0.25) is 0 Å². The van der Waals surface area contributed by atoms with Gasteiger partial charge in [0.15, 0.2) is 17.5 Å². The molecule has 9 nitrogen and oxygen atoms in total. The average molecular weight is 517 g/mol. The maximum Gasteiger partial charge on any atom is 0.573 e. The highest BCUT2D eigenvalue weighted by molar-refractivity contribution is 6.02. The second-order valence-corrected chi connectivity index (χ2v) is 7.47. The molecule has 0 aromatic heterocycles. The van der Waals surface area contributed by atoms with Crippen molar-refractivity contribution in [3.63, 3.8) is 0 Å². The van der Waals surface area contributed by atoms with Crippen molar-refractivity contribution in [2.45, 2.75) is 38.5 Å². The summed E-state index contributed by atoms with van der Waals surface area (Å²) in [4.78, 5) is 23.1. The Bertz CT molecular complexity index is 1080. The molecule has 0 bridgehead atoms. The quantitative estimate of drug-likeness (QED) is 0.0649. The highest BCUT2D eigenvalue weighted by Crippen LogP contribution is 2.27. The van der Waals surface area contributed by atoms with Crippen LogP contribution < -0.4 is 26.2 Å². The second kappa shape index (κ2) is 13.2. The standard InChI is InChI=1S/C22H24F5N5O4/c23-15-11-13(20(34)29-10-4-2-1-3-5-19(33)32-35)6-8-17(15)31-21(28)30-14-7-9-18(16(24)12-14)36-22(25,26)27/h6-9,11-12,35H,1-5,10H2,(H,29,34)(H,32,33)(H3,28,30,31). The first-order chi connectivity index (χ1) is 17.0. The molecule has 14 heteroatoms. The van der Waals surface area contributed by atoms with Crippen molar-refractivity contribution in [1.29, 1.82) is 5.41 Å². The number of unbranched alkanes of at least 4 members (excludes halogenated alkanes) is 3. The van der Waals surface area contributed by atoms with E-state index in [1.807, 2.05) is 0 Å². The van der Waals surface area contributed by atoms with Crippen LogP contribution in [0, 0.1) is 17.0 Å². The molecule has 0 spiro atoms. The fraction of sp³-hybridized carbons (Fsp3) is 0.318. The number of hydrogen-bond acceptors (Lipinski definition) is 5. The fourth-order valence-corrected chi connectivity index (χ4v) is 2.98. The minimum absolute atomic E-state index is 0.0412. The van der Waals surface area contributed by atoms with Crippen molar-refractivity contribution < 1.29 is 41.5 Å². The number of carbonyl (C=O) groups is 2. The SMILES string of the molecule is N=C(Nc1ccc(OC(F)(F)F)c(F)c1)Nc1ccc(C(=O)NCCCCCCC(=O)NO)cc1F. The van der Waals surface area contributed by atoms with Gasteiger partial charge in [0.2, 0.25) is 5.91 Å². The molecular weight excluding hydrogens is 493 g/mol. The van der Waals surface area contributed by atoms with Gasteiger partial charge in [0.25, 0.3) is 5.91 Å². The molecule has 2 aromatic rings. The molecule has 0 saturated heterocycles. The van der Waals surface area contributed by atoms with Gasteiger partial charge in [-0.05, 0) is 43.2 Å². The van der Waals surface area contributed by atoms with Crippen LogP contribution in [0.25, 0.3) is 0 Å². The topological polar surface area (TPSA) is 136 Å². The van der Waals surface area contributed by atoms with E-state index < -0.39 is 41.5 Å². The van der Waals surface area contributed by atoms with E-state index in [-0.39, 0.29) is 23.4 Å². The first kappa shape index (κ1) is 28.3. The zero-order valence-electron chi connectivity index (χ0n) is 18.8. The molecule has 0 unspecified atom stereocenters. The Morgan fingerprint density at radius 3 is 2.31 bits per heavy atom. The average Bonchev–Trinajstić information content (AvgIpc) is 2.80. The molecule has 0 atom stereocenters. The Kier molecular flexibility index (Phi) is 10.4. The summed E-state index contributed by atoms with van der Waals surface area (Å²) >= 11 is 0. The number of alkyl halides is 3. The summed E-state index contributed by atoms with van der Waals surface area (Å²) in [6.45, 7) is 0.338. The van der Waals surface area contributed by atoms with E-state index in [2.05, 4.69) is 20.7 Å². The molecule has 0 aliphatic heterocycles. The lowest BCUT2D eigenvalue weighted by Crippen LogP contribution is -2.25. The van der Waals surface area contributed by atoms with Gasteiger partial charge in [0, 0.05) is 30.3 Å². The van der Waals surface area contributed by atoms with Gasteiger partial charge in [-0.15, -0.1) is 13.2 Å². The Labute approximate surface area is 202 Å². The number of ether oxygens (including phenoxy) is 1. The third-order valence-electron chi connectivity index (χ3n) is 4.66. The van der Waals surface area contributed by atoms with Gasteiger partial charge >= 0.3 is 6.36 Å². The molecule has 0 saturated carbocycles.